The van der Waals surface area contributed by atoms with E-state index in [1.165, 1.54) is 0 Å². The first-order chi connectivity index (χ1) is 8.13. The minimum atomic E-state index is -0.549. The highest BCUT2D eigenvalue weighted by molar-refractivity contribution is 6.37. The molecular formula is C12H11ClN2O2. The summed E-state index contributed by atoms with van der Waals surface area (Å²) in [5.74, 6) is -0.549. The van der Waals surface area contributed by atoms with Gasteiger partial charge in [0.1, 0.15) is 0 Å². The van der Waals surface area contributed by atoms with Gasteiger partial charge in [-0.05, 0) is 25.5 Å². The highest BCUT2D eigenvalue weighted by atomic mass is 35.5. The number of benzene rings is 1. The third-order valence-corrected chi connectivity index (χ3v) is 2.71. The number of nitrogens with zero attached hydrogens (tertiary/aromatic N) is 2. The largest absolute Gasteiger partial charge is 0.461 e. The second kappa shape index (κ2) is 4.67. The summed E-state index contributed by atoms with van der Waals surface area (Å²) >= 11 is 6.12. The lowest BCUT2D eigenvalue weighted by molar-refractivity contribution is 0.0518. The highest BCUT2D eigenvalue weighted by Gasteiger charge is 2.16. The van der Waals surface area contributed by atoms with Crippen LogP contribution in [-0.4, -0.2) is 22.8 Å². The van der Waals surface area contributed by atoms with E-state index in [2.05, 4.69) is 10.2 Å². The molecule has 0 saturated carbocycles. The van der Waals surface area contributed by atoms with Crippen LogP contribution in [0.25, 0.3) is 10.9 Å². The van der Waals surface area contributed by atoms with Gasteiger partial charge in [0.2, 0.25) is 0 Å². The van der Waals surface area contributed by atoms with Gasteiger partial charge in [0, 0.05) is 5.39 Å². The standard InChI is InChI=1S/C12H11ClN2O2/c1-3-17-12(16)11-10(13)8-5-4-7(2)6-9(8)14-15-11/h4-6H,3H2,1-2H3. The Hall–Kier alpha value is -1.68. The Balaban J connectivity index is 2.58. The van der Waals surface area contributed by atoms with Gasteiger partial charge in [-0.15, -0.1) is 10.2 Å². The molecule has 0 atom stereocenters. The number of carbonyl (C=O) groups is 1. The average molecular weight is 251 g/mol. The Labute approximate surface area is 104 Å². The van der Waals surface area contributed by atoms with Crippen LogP contribution in [0.1, 0.15) is 23.0 Å². The van der Waals surface area contributed by atoms with Crippen molar-refractivity contribution in [2.45, 2.75) is 13.8 Å². The summed E-state index contributed by atoms with van der Waals surface area (Å²) in [6, 6.07) is 5.60. The molecule has 0 aliphatic carbocycles. The van der Waals surface area contributed by atoms with E-state index in [-0.39, 0.29) is 17.3 Å². The zero-order valence-electron chi connectivity index (χ0n) is 9.53. The third kappa shape index (κ3) is 2.22. The van der Waals surface area contributed by atoms with Crippen molar-refractivity contribution >= 4 is 28.5 Å². The van der Waals surface area contributed by atoms with Gasteiger partial charge in [-0.3, -0.25) is 0 Å². The molecule has 2 aromatic rings. The number of esters is 1. The summed E-state index contributed by atoms with van der Waals surface area (Å²) in [7, 11) is 0. The topological polar surface area (TPSA) is 52.1 Å². The molecule has 0 saturated heterocycles. The summed E-state index contributed by atoms with van der Waals surface area (Å²) in [6.07, 6.45) is 0. The molecule has 0 spiro atoms. The van der Waals surface area contributed by atoms with Crippen molar-refractivity contribution in [3.05, 3.63) is 34.5 Å². The molecule has 2 rings (SSSR count). The minimum Gasteiger partial charge on any atom is -0.461 e. The number of carbonyl (C=O) groups excluding carboxylic acids is 1. The number of aromatic nitrogens is 2. The first kappa shape index (κ1) is 11.8. The molecule has 0 N–H and O–H groups in total. The maximum absolute atomic E-state index is 11.6. The van der Waals surface area contributed by atoms with Crippen LogP contribution in [-0.2, 0) is 4.74 Å². The predicted molar refractivity (Wildman–Crippen MR) is 65.2 cm³/mol. The monoisotopic (exact) mass is 250 g/mol. The van der Waals surface area contributed by atoms with Crippen LogP contribution >= 0.6 is 11.6 Å². The second-order valence-corrected chi connectivity index (χ2v) is 3.98. The van der Waals surface area contributed by atoms with Crippen molar-refractivity contribution in [1.82, 2.24) is 10.2 Å². The third-order valence-electron chi connectivity index (χ3n) is 2.32. The van der Waals surface area contributed by atoms with Crippen molar-refractivity contribution in [2.24, 2.45) is 0 Å². The fourth-order valence-corrected chi connectivity index (χ4v) is 1.79. The summed E-state index contributed by atoms with van der Waals surface area (Å²) < 4.78 is 4.86. The first-order valence-corrected chi connectivity index (χ1v) is 5.61. The van der Waals surface area contributed by atoms with Gasteiger partial charge in [-0.2, -0.15) is 0 Å². The average Bonchev–Trinajstić information content (AvgIpc) is 2.29. The molecule has 88 valence electrons. The lowest BCUT2D eigenvalue weighted by Crippen LogP contribution is -2.09. The quantitative estimate of drug-likeness (QED) is 0.769. The molecule has 0 radical (unpaired) electrons. The van der Waals surface area contributed by atoms with Gasteiger partial charge < -0.3 is 4.74 Å². The van der Waals surface area contributed by atoms with Crippen molar-refractivity contribution in [3.8, 4) is 0 Å². The van der Waals surface area contributed by atoms with Crippen molar-refractivity contribution in [1.29, 1.82) is 0 Å². The van der Waals surface area contributed by atoms with Crippen molar-refractivity contribution < 1.29 is 9.53 Å². The number of hydrogen-bond donors (Lipinski definition) is 0. The minimum absolute atomic E-state index is 0.0601. The van der Waals surface area contributed by atoms with Gasteiger partial charge in [0.05, 0.1) is 17.1 Å². The van der Waals surface area contributed by atoms with Crippen LogP contribution in [0.3, 0.4) is 0 Å². The van der Waals surface area contributed by atoms with Crippen LogP contribution in [0.4, 0.5) is 0 Å². The molecule has 0 fully saturated rings. The zero-order chi connectivity index (χ0) is 12.4. The number of hydrogen-bond acceptors (Lipinski definition) is 4. The summed E-state index contributed by atoms with van der Waals surface area (Å²) in [5.41, 5.74) is 1.79. The van der Waals surface area contributed by atoms with E-state index in [1.807, 2.05) is 25.1 Å². The maximum Gasteiger partial charge on any atom is 0.360 e. The Bertz CT molecular complexity index is 584. The number of halogens is 1. The molecule has 0 aliphatic rings. The first-order valence-electron chi connectivity index (χ1n) is 5.23. The van der Waals surface area contributed by atoms with Crippen LogP contribution in [0, 0.1) is 6.92 Å². The number of ether oxygens (including phenoxy) is 1. The van der Waals surface area contributed by atoms with E-state index in [1.54, 1.807) is 6.92 Å². The number of fused-ring (bicyclic) bond motifs is 1. The van der Waals surface area contributed by atoms with E-state index < -0.39 is 5.97 Å². The summed E-state index contributed by atoms with van der Waals surface area (Å²) in [5, 5.41) is 8.77. The number of aryl methyl sites for hydroxylation is 1. The molecule has 17 heavy (non-hydrogen) atoms. The van der Waals surface area contributed by atoms with Gasteiger partial charge in [-0.1, -0.05) is 23.7 Å². The Morgan fingerprint density at radius 1 is 1.41 bits per heavy atom. The Morgan fingerprint density at radius 2 is 2.18 bits per heavy atom. The molecule has 1 aromatic heterocycles. The van der Waals surface area contributed by atoms with Crippen molar-refractivity contribution in [3.63, 3.8) is 0 Å². The molecular weight excluding hydrogens is 240 g/mol. The van der Waals surface area contributed by atoms with E-state index in [0.29, 0.717) is 10.9 Å². The molecule has 0 unspecified atom stereocenters. The van der Waals surface area contributed by atoms with Crippen molar-refractivity contribution in [2.75, 3.05) is 6.61 Å². The van der Waals surface area contributed by atoms with Crippen LogP contribution < -0.4 is 0 Å². The molecule has 0 amide bonds. The van der Waals surface area contributed by atoms with Crippen LogP contribution in [0.5, 0.6) is 0 Å². The maximum atomic E-state index is 11.6. The van der Waals surface area contributed by atoms with E-state index in [9.17, 15) is 4.79 Å². The summed E-state index contributed by atoms with van der Waals surface area (Å²) in [4.78, 5) is 11.6. The lowest BCUT2D eigenvalue weighted by atomic mass is 10.1. The van der Waals surface area contributed by atoms with Gasteiger partial charge >= 0.3 is 5.97 Å². The lowest BCUT2D eigenvalue weighted by Gasteiger charge is -2.05. The van der Waals surface area contributed by atoms with Crippen LogP contribution in [0.2, 0.25) is 5.02 Å². The van der Waals surface area contributed by atoms with Gasteiger partial charge in [0.25, 0.3) is 0 Å². The Morgan fingerprint density at radius 3 is 2.88 bits per heavy atom. The molecule has 0 bridgehead atoms. The fourth-order valence-electron chi connectivity index (χ4n) is 1.52. The van der Waals surface area contributed by atoms with Gasteiger partial charge in [0.15, 0.2) is 5.69 Å². The van der Waals surface area contributed by atoms with E-state index in [4.69, 9.17) is 16.3 Å². The fraction of sp³-hybridized carbons (Fsp3) is 0.250. The molecule has 0 aliphatic heterocycles. The smallest absolute Gasteiger partial charge is 0.360 e. The summed E-state index contributed by atoms with van der Waals surface area (Å²) in [6.45, 7) is 3.96. The van der Waals surface area contributed by atoms with Crippen LogP contribution in [0.15, 0.2) is 18.2 Å². The molecule has 1 heterocycles. The van der Waals surface area contributed by atoms with E-state index >= 15 is 0 Å². The molecule has 4 nitrogen and oxygen atoms in total. The molecule has 1 aromatic carbocycles. The molecule has 5 heteroatoms. The predicted octanol–water partition coefficient (Wildman–Crippen LogP) is 2.77. The Kier molecular flexibility index (Phi) is 3.24. The normalized spacial score (nSPS) is 10.5. The number of rotatable bonds is 2. The highest BCUT2D eigenvalue weighted by Crippen LogP contribution is 2.25. The van der Waals surface area contributed by atoms with E-state index in [0.717, 1.165) is 5.56 Å². The van der Waals surface area contributed by atoms with Gasteiger partial charge in [-0.25, -0.2) is 4.79 Å². The SMILES string of the molecule is CCOC(=O)c1nnc2cc(C)ccc2c1Cl. The second-order valence-electron chi connectivity index (χ2n) is 3.60. The zero-order valence-corrected chi connectivity index (χ0v) is 10.3.